The van der Waals surface area contributed by atoms with Crippen LogP contribution in [0.25, 0.3) is 10.8 Å². The molecule has 3 fully saturated rings. The van der Waals surface area contributed by atoms with E-state index in [1.807, 2.05) is 30.3 Å². The number of aliphatic hydroxyl groups is 1. The number of amides is 4. The molecule has 3 aliphatic rings. The van der Waals surface area contributed by atoms with Crippen LogP contribution in [0.1, 0.15) is 113 Å². The lowest BCUT2D eigenvalue weighted by Crippen LogP contribution is -2.63. The van der Waals surface area contributed by atoms with E-state index in [9.17, 15) is 42.3 Å². The molecule has 56 heavy (non-hydrogen) atoms. The van der Waals surface area contributed by atoms with Gasteiger partial charge in [0.15, 0.2) is 0 Å². The molecule has 2 aromatic carbocycles. The van der Waals surface area contributed by atoms with Crippen LogP contribution in [0, 0.1) is 5.92 Å². The van der Waals surface area contributed by atoms with E-state index in [1.165, 1.54) is 15.8 Å². The fourth-order valence-corrected chi connectivity index (χ4v) is 8.55. The number of likely N-dealkylation sites (tertiary alicyclic amines) is 1. The molecule has 1 aromatic heterocycles. The van der Waals surface area contributed by atoms with Gasteiger partial charge < -0.3 is 26.0 Å². The van der Waals surface area contributed by atoms with Crippen LogP contribution >= 0.6 is 0 Å². The number of fused-ring (bicyclic) bond motifs is 1. The number of nitrogens with one attached hydrogen (secondary N) is 3. The van der Waals surface area contributed by atoms with Crippen LogP contribution in [0.5, 0.6) is 0 Å². The van der Waals surface area contributed by atoms with Gasteiger partial charge in [0.1, 0.15) is 29.8 Å². The van der Waals surface area contributed by atoms with Crippen molar-refractivity contribution < 1.29 is 42.3 Å². The van der Waals surface area contributed by atoms with Crippen molar-refractivity contribution in [2.75, 3.05) is 13.1 Å². The van der Waals surface area contributed by atoms with Crippen LogP contribution in [-0.2, 0) is 24.8 Å². The number of nitrogens with zero attached hydrogens (tertiary/aromatic N) is 4. The zero-order valence-electron chi connectivity index (χ0n) is 31.7. The van der Waals surface area contributed by atoms with E-state index in [1.54, 1.807) is 31.3 Å². The second-order valence-electron chi connectivity index (χ2n) is 16.1. The van der Waals surface area contributed by atoms with Gasteiger partial charge in [-0.1, -0.05) is 86.9 Å². The maximum absolute atomic E-state index is 14.9. The summed E-state index contributed by atoms with van der Waals surface area (Å²) < 4.78 is 40.4. The number of aromatic nitrogens is 3. The van der Waals surface area contributed by atoms with Gasteiger partial charge in [0, 0.05) is 18.5 Å². The number of halogens is 3. The van der Waals surface area contributed by atoms with Crippen LogP contribution in [0.4, 0.5) is 13.2 Å². The fraction of sp³-hybridized carbons (Fsp3) is 0.575. The van der Waals surface area contributed by atoms with E-state index < -0.39 is 71.4 Å². The Balaban J connectivity index is 1.32. The van der Waals surface area contributed by atoms with Crippen LogP contribution in [-0.4, -0.2) is 91.3 Å². The summed E-state index contributed by atoms with van der Waals surface area (Å²) in [6, 6.07) is 9.93. The number of benzene rings is 2. The molecule has 13 nitrogen and oxygen atoms in total. The molecule has 0 spiro atoms. The molecule has 1 aliphatic heterocycles. The molecule has 6 rings (SSSR count). The average molecular weight is 782 g/mol. The molecular weight excluding hydrogens is 731 g/mol. The lowest BCUT2D eigenvalue weighted by atomic mass is 9.77. The molecule has 4 N–H and O–H groups in total. The Hall–Kier alpha value is -4.86. The van der Waals surface area contributed by atoms with E-state index in [0.29, 0.717) is 36.9 Å². The molecule has 4 amide bonds. The van der Waals surface area contributed by atoms with Gasteiger partial charge in [-0.15, -0.1) is 5.10 Å². The third-order valence-electron chi connectivity index (χ3n) is 11.5. The van der Waals surface area contributed by atoms with Gasteiger partial charge in [-0.3, -0.25) is 24.0 Å². The number of Topliss-reactive ketones (excluding diaryl/α,β-unsaturated/α-hetero) is 1. The number of hydrogen-bond donors (Lipinski definition) is 4. The molecule has 302 valence electrons. The summed E-state index contributed by atoms with van der Waals surface area (Å²) in [5, 5.41) is 28.3. The maximum Gasteiger partial charge on any atom is 0.405 e. The monoisotopic (exact) mass is 781 g/mol. The minimum Gasteiger partial charge on any atom is -0.384 e. The van der Waals surface area contributed by atoms with Crippen molar-refractivity contribution in [3.63, 3.8) is 0 Å². The van der Waals surface area contributed by atoms with Crippen molar-refractivity contribution in [2.24, 2.45) is 5.92 Å². The fourth-order valence-electron chi connectivity index (χ4n) is 8.55. The summed E-state index contributed by atoms with van der Waals surface area (Å²) in [5.41, 5.74) is -2.48. The Morgan fingerprint density at radius 3 is 2.30 bits per heavy atom. The molecule has 16 heteroatoms. The Kier molecular flexibility index (Phi) is 12.2. The Labute approximate surface area is 323 Å². The standard InChI is InChI=1S/C40H50F3N7O6/c1-38(2,56)32-22-45-48-50(32)29-21-31(35(53)47-39(17-9-4-10-18-39)33(51)36(54)44-24-40(41,42)43)49(23-29)37(55)30(19-25-11-5-3-6-12-25)46-34(52)28-16-15-26-13-7-8-14-27(26)20-28/h7-8,13-16,20,22,25,29-31,56H,3-6,9-12,17-19,21,23-24H2,1-2H3,(H,44,54)(H,46,52)(H,47,53)/t29-,30?,31-/m0/s1. The van der Waals surface area contributed by atoms with Crippen LogP contribution < -0.4 is 16.0 Å². The van der Waals surface area contributed by atoms with Crippen molar-refractivity contribution in [1.29, 1.82) is 0 Å². The van der Waals surface area contributed by atoms with Crippen molar-refractivity contribution in [3.05, 3.63) is 59.9 Å². The topological polar surface area (TPSA) is 176 Å². The SMILES string of the molecule is CC(C)(O)c1cnnn1[C@H]1C[C@@H](C(=O)NC2(C(=O)C(=O)NCC(F)(F)F)CCCCC2)N(C(=O)C(CC2CCCCC2)NC(=O)c2ccc3ccccc3c2)C1. The molecule has 2 saturated carbocycles. The van der Waals surface area contributed by atoms with E-state index >= 15 is 0 Å². The van der Waals surface area contributed by atoms with E-state index in [-0.39, 0.29) is 31.7 Å². The normalized spacial score (nSPS) is 21.0. The van der Waals surface area contributed by atoms with Crippen molar-refractivity contribution in [2.45, 2.75) is 126 Å². The quantitative estimate of drug-likeness (QED) is 0.192. The molecular formula is C40H50F3N7O6. The first-order valence-corrected chi connectivity index (χ1v) is 19.5. The molecule has 3 atom stereocenters. The summed E-state index contributed by atoms with van der Waals surface area (Å²) in [7, 11) is 0. The number of carbonyl (C=O) groups is 5. The number of rotatable bonds is 12. The number of alkyl halides is 3. The van der Waals surface area contributed by atoms with Gasteiger partial charge in [-0.2, -0.15) is 13.2 Å². The van der Waals surface area contributed by atoms with Crippen LogP contribution in [0.2, 0.25) is 0 Å². The minimum absolute atomic E-state index is 0.0245. The largest absolute Gasteiger partial charge is 0.405 e. The zero-order valence-corrected chi connectivity index (χ0v) is 31.7. The Morgan fingerprint density at radius 1 is 0.946 bits per heavy atom. The second-order valence-corrected chi connectivity index (χ2v) is 16.1. The highest BCUT2D eigenvalue weighted by Crippen LogP contribution is 2.35. The summed E-state index contributed by atoms with van der Waals surface area (Å²) in [6.45, 7) is 1.33. The third-order valence-corrected chi connectivity index (χ3v) is 11.5. The van der Waals surface area contributed by atoms with Gasteiger partial charge in [-0.05, 0) is 61.9 Å². The summed E-state index contributed by atoms with van der Waals surface area (Å²) in [4.78, 5) is 71.1. The molecule has 2 aliphatic carbocycles. The van der Waals surface area contributed by atoms with Crippen LogP contribution in [0.3, 0.4) is 0 Å². The zero-order chi connectivity index (χ0) is 40.3. The van der Waals surface area contributed by atoms with E-state index in [0.717, 1.165) is 42.9 Å². The average Bonchev–Trinajstić information content (AvgIpc) is 3.85. The lowest BCUT2D eigenvalue weighted by Gasteiger charge is -2.38. The van der Waals surface area contributed by atoms with E-state index in [2.05, 4.69) is 20.9 Å². The van der Waals surface area contributed by atoms with Gasteiger partial charge in [-0.25, -0.2) is 4.68 Å². The first kappa shape index (κ1) is 40.8. The maximum atomic E-state index is 14.9. The minimum atomic E-state index is -4.75. The molecule has 1 unspecified atom stereocenters. The molecule has 1 saturated heterocycles. The highest BCUT2D eigenvalue weighted by molar-refractivity contribution is 6.40. The summed E-state index contributed by atoms with van der Waals surface area (Å²) in [6.07, 6.45) is 3.36. The highest BCUT2D eigenvalue weighted by atomic mass is 19.4. The second kappa shape index (κ2) is 16.7. The first-order chi connectivity index (χ1) is 26.5. The Bertz CT molecular complexity index is 1930. The molecule has 0 bridgehead atoms. The van der Waals surface area contributed by atoms with Gasteiger partial charge in [0.05, 0.1) is 17.9 Å². The first-order valence-electron chi connectivity index (χ1n) is 19.5. The van der Waals surface area contributed by atoms with Crippen LogP contribution in [0.15, 0.2) is 48.7 Å². The van der Waals surface area contributed by atoms with Crippen molar-refractivity contribution in [1.82, 2.24) is 35.8 Å². The summed E-state index contributed by atoms with van der Waals surface area (Å²) >= 11 is 0. The van der Waals surface area contributed by atoms with Crippen molar-refractivity contribution >= 4 is 40.2 Å². The number of ketones is 1. The summed E-state index contributed by atoms with van der Waals surface area (Å²) in [5.74, 6) is -4.25. The Morgan fingerprint density at radius 2 is 1.62 bits per heavy atom. The van der Waals surface area contributed by atoms with Gasteiger partial charge in [0.2, 0.25) is 17.6 Å². The van der Waals surface area contributed by atoms with E-state index in [4.69, 9.17) is 0 Å². The molecule has 3 aromatic rings. The lowest BCUT2D eigenvalue weighted by molar-refractivity contribution is -0.150. The number of hydrogen-bond acceptors (Lipinski definition) is 8. The molecule has 2 heterocycles. The predicted molar refractivity (Wildman–Crippen MR) is 199 cm³/mol. The number of carbonyl (C=O) groups excluding carboxylic acids is 5. The van der Waals surface area contributed by atoms with Gasteiger partial charge >= 0.3 is 6.18 Å². The highest BCUT2D eigenvalue weighted by Gasteiger charge is 2.50. The third kappa shape index (κ3) is 9.39. The van der Waals surface area contributed by atoms with Gasteiger partial charge in [0.25, 0.3) is 11.8 Å². The van der Waals surface area contributed by atoms with Crippen molar-refractivity contribution in [3.8, 4) is 0 Å². The smallest absolute Gasteiger partial charge is 0.384 e. The predicted octanol–water partition coefficient (Wildman–Crippen LogP) is 4.64. The molecule has 0 radical (unpaired) electrons.